The lowest BCUT2D eigenvalue weighted by molar-refractivity contribution is 0.593. The number of aromatic nitrogens is 4. The number of benzene rings is 3. The van der Waals surface area contributed by atoms with Gasteiger partial charge in [-0.15, -0.1) is 0 Å². The number of fused-ring (bicyclic) bond motifs is 1. The summed E-state index contributed by atoms with van der Waals surface area (Å²) < 4.78 is 30.8. The van der Waals surface area contributed by atoms with Crippen LogP contribution in [0.25, 0.3) is 33.9 Å². The van der Waals surface area contributed by atoms with Gasteiger partial charge < -0.3 is 0 Å². The normalized spacial score (nSPS) is 11.3. The molecule has 0 atom stereocenters. The van der Waals surface area contributed by atoms with Gasteiger partial charge in [-0.2, -0.15) is 0 Å². The first-order valence-electron chi connectivity index (χ1n) is 9.50. The molecule has 0 saturated carbocycles. The van der Waals surface area contributed by atoms with Crippen LogP contribution in [0.15, 0.2) is 71.8 Å². The Morgan fingerprint density at radius 3 is 2.30 bits per heavy atom. The Hall–Kier alpha value is -3.26. The minimum atomic E-state index is -0.724. The van der Waals surface area contributed by atoms with Gasteiger partial charge in [0.1, 0.15) is 18.0 Å². The predicted octanol–water partition coefficient (Wildman–Crippen LogP) is 6.48. The van der Waals surface area contributed by atoms with Crippen LogP contribution in [-0.2, 0) is 0 Å². The van der Waals surface area contributed by atoms with E-state index in [0.29, 0.717) is 21.3 Å². The lowest BCUT2D eigenvalue weighted by atomic mass is 10.2. The Bertz CT molecular complexity index is 1600. The summed E-state index contributed by atoms with van der Waals surface area (Å²) in [7, 11) is 0. The molecule has 0 aliphatic heterocycles. The SMILES string of the molecule is O=c1c2c(ncn2-c2cc(F)ccc2F)nc(-c2ccc(Cl)cc2Cl)n1-c1ccc(Cl)cc1. The van der Waals surface area contributed by atoms with E-state index in [1.165, 1.54) is 21.5 Å². The number of rotatable bonds is 3. The fourth-order valence-electron chi connectivity index (χ4n) is 3.51. The van der Waals surface area contributed by atoms with Crippen LogP contribution in [0.4, 0.5) is 8.78 Å². The molecule has 5 nitrogen and oxygen atoms in total. The second kappa shape index (κ2) is 8.26. The van der Waals surface area contributed by atoms with Crippen LogP contribution in [0.5, 0.6) is 0 Å². The predicted molar refractivity (Wildman–Crippen MR) is 125 cm³/mol. The molecule has 0 aliphatic rings. The molecule has 164 valence electrons. The van der Waals surface area contributed by atoms with E-state index in [9.17, 15) is 13.6 Å². The standard InChI is InChI=1S/C23H11Cl3F2N4O/c24-12-1-5-15(6-2-12)32-22(16-7-3-13(25)9-17(16)26)30-21-20(23(32)33)31(11-29-21)19-10-14(27)4-8-18(19)28/h1-11H. The van der Waals surface area contributed by atoms with Crippen molar-refractivity contribution in [3.05, 3.63) is 104 Å². The van der Waals surface area contributed by atoms with Gasteiger partial charge in [0, 0.05) is 21.7 Å². The molecule has 3 aromatic carbocycles. The molecule has 0 bridgehead atoms. The number of halogens is 5. The molecule has 0 aliphatic carbocycles. The zero-order valence-corrected chi connectivity index (χ0v) is 18.7. The van der Waals surface area contributed by atoms with Crippen LogP contribution < -0.4 is 5.56 Å². The van der Waals surface area contributed by atoms with Gasteiger partial charge in [-0.05, 0) is 54.6 Å². The summed E-state index contributed by atoms with van der Waals surface area (Å²) in [5.41, 5.74) is 0.132. The summed E-state index contributed by atoms with van der Waals surface area (Å²) in [6, 6.07) is 14.2. The van der Waals surface area contributed by atoms with E-state index in [0.717, 1.165) is 18.2 Å². The van der Waals surface area contributed by atoms with Crippen molar-refractivity contribution in [2.75, 3.05) is 0 Å². The lowest BCUT2D eigenvalue weighted by Crippen LogP contribution is -2.23. The maximum atomic E-state index is 14.5. The van der Waals surface area contributed by atoms with Crippen molar-refractivity contribution in [2.45, 2.75) is 0 Å². The van der Waals surface area contributed by atoms with Crippen molar-refractivity contribution in [3.63, 3.8) is 0 Å². The molecule has 2 aromatic heterocycles. The Labute approximate surface area is 200 Å². The molecular formula is C23H11Cl3F2N4O. The molecular weight excluding hydrogens is 493 g/mol. The molecule has 0 spiro atoms. The average molecular weight is 504 g/mol. The molecule has 0 N–H and O–H groups in total. The van der Waals surface area contributed by atoms with E-state index in [4.69, 9.17) is 34.8 Å². The third-order valence-corrected chi connectivity index (χ3v) is 5.80. The lowest BCUT2D eigenvalue weighted by Gasteiger charge is -2.15. The van der Waals surface area contributed by atoms with E-state index >= 15 is 0 Å². The number of nitrogens with zero attached hydrogens (tertiary/aromatic N) is 4. The molecule has 0 radical (unpaired) electrons. The van der Waals surface area contributed by atoms with Crippen molar-refractivity contribution >= 4 is 46.0 Å². The number of hydrogen-bond acceptors (Lipinski definition) is 3. The highest BCUT2D eigenvalue weighted by Crippen LogP contribution is 2.31. The second-order valence-electron chi connectivity index (χ2n) is 7.06. The van der Waals surface area contributed by atoms with E-state index < -0.39 is 17.2 Å². The third kappa shape index (κ3) is 3.78. The largest absolute Gasteiger partial charge is 0.290 e. The smallest absolute Gasteiger partial charge is 0.285 e. The molecule has 10 heteroatoms. The summed E-state index contributed by atoms with van der Waals surface area (Å²) in [5, 5.41) is 1.15. The van der Waals surface area contributed by atoms with Gasteiger partial charge >= 0.3 is 0 Å². The fraction of sp³-hybridized carbons (Fsp3) is 0. The van der Waals surface area contributed by atoms with Crippen LogP contribution in [0.3, 0.4) is 0 Å². The zero-order chi connectivity index (χ0) is 23.3. The summed E-state index contributed by atoms with van der Waals surface area (Å²) in [4.78, 5) is 22.5. The van der Waals surface area contributed by atoms with Gasteiger partial charge in [-0.1, -0.05) is 34.8 Å². The molecule has 5 rings (SSSR count). The van der Waals surface area contributed by atoms with Crippen LogP contribution >= 0.6 is 34.8 Å². The molecule has 2 heterocycles. The van der Waals surface area contributed by atoms with E-state index in [1.54, 1.807) is 36.4 Å². The van der Waals surface area contributed by atoms with Crippen LogP contribution in [0.2, 0.25) is 15.1 Å². The first-order chi connectivity index (χ1) is 15.8. The van der Waals surface area contributed by atoms with Gasteiger partial charge in [0.2, 0.25) is 0 Å². The van der Waals surface area contributed by atoms with Crippen molar-refractivity contribution in [3.8, 4) is 22.8 Å². The third-order valence-electron chi connectivity index (χ3n) is 5.00. The Morgan fingerprint density at radius 1 is 0.848 bits per heavy atom. The molecule has 0 amide bonds. The molecule has 0 fully saturated rings. The van der Waals surface area contributed by atoms with Gasteiger partial charge in [-0.3, -0.25) is 13.9 Å². The number of imidazole rings is 1. The quantitative estimate of drug-likeness (QED) is 0.283. The highest BCUT2D eigenvalue weighted by atomic mass is 35.5. The van der Waals surface area contributed by atoms with Crippen molar-refractivity contribution < 1.29 is 8.78 Å². The first kappa shape index (κ1) is 21.6. The van der Waals surface area contributed by atoms with Crippen LogP contribution in [-0.4, -0.2) is 19.1 Å². The van der Waals surface area contributed by atoms with Crippen LogP contribution in [0.1, 0.15) is 0 Å². The van der Waals surface area contributed by atoms with E-state index in [1.807, 2.05) is 0 Å². The van der Waals surface area contributed by atoms with Crippen LogP contribution in [0, 0.1) is 11.6 Å². The minimum absolute atomic E-state index is 0.0369. The summed E-state index contributed by atoms with van der Waals surface area (Å²) in [6.45, 7) is 0. The topological polar surface area (TPSA) is 52.7 Å². The summed E-state index contributed by atoms with van der Waals surface area (Å²) in [6.07, 6.45) is 1.22. The van der Waals surface area contributed by atoms with Crippen molar-refractivity contribution in [1.29, 1.82) is 0 Å². The first-order valence-corrected chi connectivity index (χ1v) is 10.6. The second-order valence-corrected chi connectivity index (χ2v) is 8.34. The van der Waals surface area contributed by atoms with Gasteiger partial charge in [0.25, 0.3) is 5.56 Å². The maximum absolute atomic E-state index is 14.5. The Kier molecular flexibility index (Phi) is 5.40. The van der Waals surface area contributed by atoms with Gasteiger partial charge in [-0.25, -0.2) is 18.7 Å². The Morgan fingerprint density at radius 2 is 1.58 bits per heavy atom. The fourth-order valence-corrected chi connectivity index (χ4v) is 4.13. The highest BCUT2D eigenvalue weighted by molar-refractivity contribution is 6.36. The molecule has 33 heavy (non-hydrogen) atoms. The Balaban J connectivity index is 1.88. The minimum Gasteiger partial charge on any atom is -0.290 e. The zero-order valence-electron chi connectivity index (χ0n) is 16.4. The van der Waals surface area contributed by atoms with E-state index in [-0.39, 0.29) is 27.7 Å². The number of hydrogen-bond donors (Lipinski definition) is 0. The molecule has 0 unspecified atom stereocenters. The monoisotopic (exact) mass is 502 g/mol. The molecule has 0 saturated heterocycles. The van der Waals surface area contributed by atoms with Crippen molar-refractivity contribution in [2.24, 2.45) is 0 Å². The maximum Gasteiger partial charge on any atom is 0.285 e. The summed E-state index contributed by atoms with van der Waals surface area (Å²) in [5.74, 6) is -1.19. The highest BCUT2D eigenvalue weighted by Gasteiger charge is 2.21. The van der Waals surface area contributed by atoms with Crippen molar-refractivity contribution in [1.82, 2.24) is 19.1 Å². The van der Waals surface area contributed by atoms with E-state index in [2.05, 4.69) is 9.97 Å². The van der Waals surface area contributed by atoms with Gasteiger partial charge in [0.05, 0.1) is 16.4 Å². The molecule has 5 aromatic rings. The van der Waals surface area contributed by atoms with Gasteiger partial charge in [0.15, 0.2) is 17.0 Å². The summed E-state index contributed by atoms with van der Waals surface area (Å²) >= 11 is 18.5. The average Bonchev–Trinajstić information content (AvgIpc) is 3.20.